The smallest absolute Gasteiger partial charge is 0.275 e. The van der Waals surface area contributed by atoms with E-state index in [4.69, 9.17) is 4.98 Å². The monoisotopic (exact) mass is 433 g/mol. The molecule has 0 aliphatic heterocycles. The Morgan fingerprint density at radius 3 is 2.67 bits per heavy atom. The van der Waals surface area contributed by atoms with Gasteiger partial charge >= 0.3 is 0 Å². The van der Waals surface area contributed by atoms with E-state index in [1.54, 1.807) is 17.8 Å². The van der Waals surface area contributed by atoms with Gasteiger partial charge in [-0.15, -0.1) is 0 Å². The normalized spacial score (nSPS) is 11.5. The molecule has 0 radical (unpaired) electrons. The van der Waals surface area contributed by atoms with Crippen LogP contribution in [0.1, 0.15) is 23.2 Å². The molecule has 8 heteroatoms. The van der Waals surface area contributed by atoms with Crippen molar-refractivity contribution >= 4 is 39.1 Å². The third kappa shape index (κ3) is 3.42. The molecule has 0 fully saturated rings. The topological polar surface area (TPSA) is 65.1 Å². The fraction of sp³-hybridized carbons (Fsp3) is 0.182. The highest BCUT2D eigenvalue weighted by Gasteiger charge is 2.14. The number of benzene rings is 2. The lowest BCUT2D eigenvalue weighted by molar-refractivity contribution is 0.851. The third-order valence-corrected chi connectivity index (χ3v) is 6.84. The van der Waals surface area contributed by atoms with Gasteiger partial charge in [0.1, 0.15) is 5.01 Å². The van der Waals surface area contributed by atoms with Crippen molar-refractivity contribution in [2.24, 2.45) is 0 Å². The first-order valence-electron chi connectivity index (χ1n) is 9.68. The number of aromatic nitrogens is 5. The summed E-state index contributed by atoms with van der Waals surface area (Å²) in [6.07, 6.45) is 0.790. The summed E-state index contributed by atoms with van der Waals surface area (Å²) in [6.45, 7) is 4.10. The molecule has 0 bridgehead atoms. The number of thioether (sulfide) groups is 1. The van der Waals surface area contributed by atoms with Gasteiger partial charge in [0.2, 0.25) is 4.96 Å². The van der Waals surface area contributed by atoms with E-state index in [-0.39, 0.29) is 5.56 Å². The molecule has 5 aromatic rings. The highest BCUT2D eigenvalue weighted by atomic mass is 32.2. The summed E-state index contributed by atoms with van der Waals surface area (Å²) < 4.78 is 3.55. The molecule has 150 valence electrons. The first kappa shape index (κ1) is 19.0. The second-order valence-electron chi connectivity index (χ2n) is 6.97. The summed E-state index contributed by atoms with van der Waals surface area (Å²) in [5.74, 6) is 0.556. The largest absolute Gasteiger partial charge is 0.287 e. The average molecular weight is 434 g/mol. The minimum Gasteiger partial charge on any atom is -0.287 e. The zero-order chi connectivity index (χ0) is 20.7. The van der Waals surface area contributed by atoms with Gasteiger partial charge < -0.3 is 0 Å². The van der Waals surface area contributed by atoms with Crippen molar-refractivity contribution in [3.8, 4) is 5.69 Å². The quantitative estimate of drug-likeness (QED) is 0.378. The van der Waals surface area contributed by atoms with Crippen molar-refractivity contribution in [1.29, 1.82) is 0 Å². The molecule has 0 aliphatic carbocycles. The molecular formula is C22H19N5OS2. The van der Waals surface area contributed by atoms with Crippen LogP contribution in [0.5, 0.6) is 0 Å². The van der Waals surface area contributed by atoms with Crippen LogP contribution in [0.3, 0.4) is 0 Å². The van der Waals surface area contributed by atoms with Gasteiger partial charge in [-0.2, -0.15) is 9.61 Å². The van der Waals surface area contributed by atoms with E-state index in [2.05, 4.69) is 51.9 Å². The van der Waals surface area contributed by atoms with E-state index in [1.165, 1.54) is 21.4 Å². The average Bonchev–Trinajstić information content (AvgIpc) is 3.34. The summed E-state index contributed by atoms with van der Waals surface area (Å²) >= 11 is 3.04. The number of fused-ring (bicyclic) bond motifs is 2. The van der Waals surface area contributed by atoms with Gasteiger partial charge in [0.15, 0.2) is 5.16 Å². The van der Waals surface area contributed by atoms with Gasteiger partial charge in [0.05, 0.1) is 16.7 Å². The van der Waals surface area contributed by atoms with Crippen LogP contribution in [0.15, 0.2) is 64.5 Å². The molecular weight excluding hydrogens is 414 g/mol. The first-order chi connectivity index (χ1) is 14.6. The predicted octanol–water partition coefficient (Wildman–Crippen LogP) is 4.65. The second kappa shape index (κ2) is 7.70. The van der Waals surface area contributed by atoms with Crippen LogP contribution in [-0.2, 0) is 12.2 Å². The summed E-state index contributed by atoms with van der Waals surface area (Å²) in [7, 11) is 0. The molecule has 0 saturated heterocycles. The molecule has 0 saturated carbocycles. The van der Waals surface area contributed by atoms with Crippen molar-refractivity contribution in [3.63, 3.8) is 0 Å². The Bertz CT molecular complexity index is 1420. The van der Waals surface area contributed by atoms with E-state index < -0.39 is 0 Å². The number of hydrogen-bond acceptors (Lipinski definition) is 6. The molecule has 5 rings (SSSR count). The fourth-order valence-corrected chi connectivity index (χ4v) is 5.07. The van der Waals surface area contributed by atoms with E-state index in [0.29, 0.717) is 10.7 Å². The van der Waals surface area contributed by atoms with Crippen LogP contribution in [0, 0.1) is 6.92 Å². The van der Waals surface area contributed by atoms with Crippen LogP contribution in [0.2, 0.25) is 0 Å². The number of aryl methyl sites for hydroxylation is 2. The molecule has 0 amide bonds. The SMILES string of the molecule is CCc1nn2c(=O)cc(CSc3nc4ccccc4n3-c3ccc(C)cc3)nc2s1. The van der Waals surface area contributed by atoms with Gasteiger partial charge in [-0.3, -0.25) is 9.36 Å². The Morgan fingerprint density at radius 1 is 1.07 bits per heavy atom. The van der Waals surface area contributed by atoms with Crippen LogP contribution in [0.4, 0.5) is 0 Å². The lowest BCUT2D eigenvalue weighted by Gasteiger charge is -2.09. The third-order valence-electron chi connectivity index (χ3n) is 4.81. The molecule has 0 aliphatic rings. The molecule has 0 unspecified atom stereocenters. The van der Waals surface area contributed by atoms with Crippen LogP contribution in [0.25, 0.3) is 21.7 Å². The molecule has 0 atom stereocenters. The second-order valence-corrected chi connectivity index (χ2v) is 8.96. The Hall–Kier alpha value is -2.97. The van der Waals surface area contributed by atoms with Crippen LogP contribution < -0.4 is 5.56 Å². The Balaban J connectivity index is 1.53. The van der Waals surface area contributed by atoms with E-state index in [1.807, 2.05) is 25.1 Å². The molecule has 2 aromatic carbocycles. The van der Waals surface area contributed by atoms with Gasteiger partial charge in [-0.25, -0.2) is 9.97 Å². The standard InChI is InChI=1S/C22H19N5OS2/c1-3-19-25-27-20(28)12-15(23-22(27)30-19)13-29-21-24-17-6-4-5-7-18(17)26(21)16-10-8-14(2)9-11-16/h4-12H,3,13H2,1-2H3. The van der Waals surface area contributed by atoms with Crippen molar-refractivity contribution < 1.29 is 0 Å². The molecule has 0 N–H and O–H groups in total. The predicted molar refractivity (Wildman–Crippen MR) is 122 cm³/mol. The number of hydrogen-bond donors (Lipinski definition) is 0. The van der Waals surface area contributed by atoms with Crippen LogP contribution >= 0.6 is 23.1 Å². The lowest BCUT2D eigenvalue weighted by atomic mass is 10.2. The Morgan fingerprint density at radius 2 is 1.87 bits per heavy atom. The molecule has 0 spiro atoms. The van der Waals surface area contributed by atoms with Crippen LogP contribution in [-0.4, -0.2) is 24.1 Å². The number of para-hydroxylation sites is 2. The molecule has 3 aromatic heterocycles. The number of nitrogens with zero attached hydrogens (tertiary/aromatic N) is 5. The maximum absolute atomic E-state index is 12.4. The minimum atomic E-state index is -0.140. The summed E-state index contributed by atoms with van der Waals surface area (Å²) in [6, 6.07) is 18.1. The summed E-state index contributed by atoms with van der Waals surface area (Å²) in [5.41, 5.74) is 4.88. The summed E-state index contributed by atoms with van der Waals surface area (Å²) in [5, 5.41) is 6.10. The van der Waals surface area contributed by atoms with Crippen molar-refractivity contribution in [1.82, 2.24) is 24.1 Å². The van der Waals surface area contributed by atoms with Gasteiger partial charge in [0, 0.05) is 17.5 Å². The van der Waals surface area contributed by atoms with Crippen molar-refractivity contribution in [2.75, 3.05) is 0 Å². The Kier molecular flexibility index (Phi) is 4.88. The number of imidazole rings is 1. The number of rotatable bonds is 5. The van der Waals surface area contributed by atoms with E-state index in [9.17, 15) is 4.79 Å². The van der Waals surface area contributed by atoms with E-state index in [0.717, 1.165) is 39.0 Å². The zero-order valence-electron chi connectivity index (χ0n) is 16.6. The highest BCUT2D eigenvalue weighted by Crippen LogP contribution is 2.30. The maximum atomic E-state index is 12.4. The maximum Gasteiger partial charge on any atom is 0.275 e. The Labute approximate surface area is 181 Å². The van der Waals surface area contributed by atoms with Gasteiger partial charge in [0.25, 0.3) is 5.56 Å². The highest BCUT2D eigenvalue weighted by molar-refractivity contribution is 7.98. The van der Waals surface area contributed by atoms with Crippen molar-refractivity contribution in [2.45, 2.75) is 31.2 Å². The van der Waals surface area contributed by atoms with E-state index >= 15 is 0 Å². The van der Waals surface area contributed by atoms with Gasteiger partial charge in [-0.1, -0.05) is 59.9 Å². The fourth-order valence-electron chi connectivity index (χ4n) is 3.30. The minimum absolute atomic E-state index is 0.140. The summed E-state index contributed by atoms with van der Waals surface area (Å²) in [4.78, 5) is 22.6. The molecule has 6 nitrogen and oxygen atoms in total. The zero-order valence-corrected chi connectivity index (χ0v) is 18.2. The molecule has 30 heavy (non-hydrogen) atoms. The molecule has 3 heterocycles. The van der Waals surface area contributed by atoms with Crippen molar-refractivity contribution in [3.05, 3.63) is 81.2 Å². The first-order valence-corrected chi connectivity index (χ1v) is 11.5. The van der Waals surface area contributed by atoms with Gasteiger partial charge in [-0.05, 0) is 37.6 Å². The lowest BCUT2D eigenvalue weighted by Crippen LogP contribution is -2.15.